The largest absolute Gasteiger partial charge is 0.385 e. The Hall–Kier alpha value is -0.820. The van der Waals surface area contributed by atoms with Gasteiger partial charge in [-0.3, -0.25) is 0 Å². The minimum absolute atomic E-state index is 0.481. The van der Waals surface area contributed by atoms with Gasteiger partial charge in [-0.05, 0) is 42.7 Å². The van der Waals surface area contributed by atoms with Crippen LogP contribution in [0.5, 0.6) is 0 Å². The van der Waals surface area contributed by atoms with Crippen LogP contribution < -0.4 is 0 Å². The molecule has 0 spiro atoms. The van der Waals surface area contributed by atoms with Crippen LogP contribution in [0.1, 0.15) is 42.7 Å². The van der Waals surface area contributed by atoms with Gasteiger partial charge in [0.05, 0.1) is 5.60 Å². The third-order valence-corrected chi connectivity index (χ3v) is 3.71. The first-order valence-corrected chi connectivity index (χ1v) is 5.11. The van der Waals surface area contributed by atoms with Gasteiger partial charge in [0.2, 0.25) is 0 Å². The summed E-state index contributed by atoms with van der Waals surface area (Å²) in [5.41, 5.74) is 2.13. The molecule has 1 aromatic carbocycles. The number of aliphatic hydroxyl groups is 1. The maximum Gasteiger partial charge on any atom is 0.0899 e. The van der Waals surface area contributed by atoms with Gasteiger partial charge in [0, 0.05) is 0 Å². The molecule has 0 aromatic heterocycles. The second-order valence-corrected chi connectivity index (χ2v) is 4.39. The number of benzene rings is 1. The second kappa shape index (κ2) is 2.36. The highest BCUT2D eigenvalue weighted by molar-refractivity contribution is 5.39. The summed E-state index contributed by atoms with van der Waals surface area (Å²) in [6.45, 7) is 0. The van der Waals surface area contributed by atoms with E-state index in [4.69, 9.17) is 0 Å². The molecule has 1 heteroatoms. The molecular weight excluding hydrogens is 160 g/mol. The summed E-state index contributed by atoms with van der Waals surface area (Å²) in [5.74, 6) is 0.727. The van der Waals surface area contributed by atoms with Crippen molar-refractivity contribution < 1.29 is 5.11 Å². The zero-order chi connectivity index (χ0) is 8.89. The third-order valence-electron chi connectivity index (χ3n) is 3.71. The molecule has 2 bridgehead atoms. The lowest BCUT2D eigenvalue weighted by atomic mass is 9.64. The van der Waals surface area contributed by atoms with Crippen molar-refractivity contribution in [2.24, 2.45) is 0 Å². The second-order valence-electron chi connectivity index (χ2n) is 4.39. The van der Waals surface area contributed by atoms with Gasteiger partial charge < -0.3 is 5.11 Å². The number of hydrogen-bond donors (Lipinski definition) is 1. The van der Waals surface area contributed by atoms with Crippen LogP contribution in [0.4, 0.5) is 0 Å². The SMILES string of the molecule is OC12CCC(CC1)c1ccccc12. The maximum atomic E-state index is 10.4. The van der Waals surface area contributed by atoms with Crippen molar-refractivity contribution in [2.45, 2.75) is 37.2 Å². The van der Waals surface area contributed by atoms with Gasteiger partial charge in [0.1, 0.15) is 0 Å². The molecule has 0 amide bonds. The molecule has 68 valence electrons. The van der Waals surface area contributed by atoms with Crippen molar-refractivity contribution in [3.63, 3.8) is 0 Å². The van der Waals surface area contributed by atoms with E-state index in [9.17, 15) is 5.11 Å². The molecule has 1 nitrogen and oxygen atoms in total. The molecule has 0 unspecified atom stereocenters. The predicted octanol–water partition coefficient (Wildman–Crippen LogP) is 2.55. The van der Waals surface area contributed by atoms with Gasteiger partial charge in [-0.2, -0.15) is 0 Å². The molecule has 1 fully saturated rings. The Bertz CT molecular complexity index is 335. The molecule has 0 atom stereocenters. The first-order valence-electron chi connectivity index (χ1n) is 5.11. The summed E-state index contributed by atoms with van der Waals surface area (Å²) in [6.07, 6.45) is 4.28. The zero-order valence-corrected chi connectivity index (χ0v) is 7.66. The Morgan fingerprint density at radius 2 is 1.85 bits per heavy atom. The summed E-state index contributed by atoms with van der Waals surface area (Å²) in [5, 5.41) is 10.4. The fraction of sp³-hybridized carbons (Fsp3) is 0.500. The summed E-state index contributed by atoms with van der Waals surface area (Å²) in [7, 11) is 0. The quantitative estimate of drug-likeness (QED) is 0.641. The zero-order valence-electron chi connectivity index (χ0n) is 7.66. The molecule has 1 saturated carbocycles. The Balaban J connectivity index is 2.24. The molecule has 0 radical (unpaired) electrons. The van der Waals surface area contributed by atoms with E-state index in [1.165, 1.54) is 24.0 Å². The predicted molar refractivity (Wildman–Crippen MR) is 51.5 cm³/mol. The summed E-state index contributed by atoms with van der Waals surface area (Å²) in [6, 6.07) is 8.41. The van der Waals surface area contributed by atoms with E-state index < -0.39 is 5.60 Å². The van der Waals surface area contributed by atoms with Crippen LogP contribution in [0.2, 0.25) is 0 Å². The van der Waals surface area contributed by atoms with E-state index in [0.717, 1.165) is 18.8 Å². The van der Waals surface area contributed by atoms with Crippen LogP contribution >= 0.6 is 0 Å². The molecule has 3 aliphatic rings. The topological polar surface area (TPSA) is 20.2 Å². The number of fused-ring (bicyclic) bond motifs is 2. The van der Waals surface area contributed by atoms with Gasteiger partial charge in [-0.1, -0.05) is 24.3 Å². The van der Waals surface area contributed by atoms with Crippen molar-refractivity contribution in [3.8, 4) is 0 Å². The summed E-state index contributed by atoms with van der Waals surface area (Å²) < 4.78 is 0. The van der Waals surface area contributed by atoms with Crippen molar-refractivity contribution in [2.75, 3.05) is 0 Å². The Kier molecular flexibility index (Phi) is 1.37. The van der Waals surface area contributed by atoms with Crippen molar-refractivity contribution in [3.05, 3.63) is 35.4 Å². The number of hydrogen-bond acceptors (Lipinski definition) is 1. The van der Waals surface area contributed by atoms with Crippen LogP contribution in [0, 0.1) is 0 Å². The molecule has 0 saturated heterocycles. The molecular formula is C12H14O. The fourth-order valence-corrected chi connectivity index (χ4v) is 2.95. The van der Waals surface area contributed by atoms with E-state index >= 15 is 0 Å². The minimum atomic E-state index is -0.481. The number of rotatable bonds is 0. The average Bonchev–Trinajstić information content (AvgIpc) is 2.19. The minimum Gasteiger partial charge on any atom is -0.385 e. The maximum absolute atomic E-state index is 10.4. The highest BCUT2D eigenvalue weighted by atomic mass is 16.3. The van der Waals surface area contributed by atoms with Gasteiger partial charge in [-0.15, -0.1) is 0 Å². The average molecular weight is 174 g/mol. The van der Waals surface area contributed by atoms with Gasteiger partial charge in [-0.25, -0.2) is 0 Å². The van der Waals surface area contributed by atoms with Crippen LogP contribution in [-0.4, -0.2) is 5.11 Å². The van der Waals surface area contributed by atoms with Gasteiger partial charge >= 0.3 is 0 Å². The van der Waals surface area contributed by atoms with E-state index in [1.54, 1.807) is 0 Å². The lowest BCUT2D eigenvalue weighted by Crippen LogP contribution is -2.37. The molecule has 1 N–H and O–H groups in total. The van der Waals surface area contributed by atoms with Crippen LogP contribution in [0.3, 0.4) is 0 Å². The lowest BCUT2D eigenvalue weighted by Gasteiger charge is -2.44. The monoisotopic (exact) mass is 174 g/mol. The summed E-state index contributed by atoms with van der Waals surface area (Å²) >= 11 is 0. The lowest BCUT2D eigenvalue weighted by molar-refractivity contribution is -0.0196. The molecule has 1 aromatic rings. The summed E-state index contributed by atoms with van der Waals surface area (Å²) in [4.78, 5) is 0. The van der Waals surface area contributed by atoms with Crippen LogP contribution in [0.15, 0.2) is 24.3 Å². The van der Waals surface area contributed by atoms with E-state index in [2.05, 4.69) is 18.2 Å². The Morgan fingerprint density at radius 1 is 1.15 bits per heavy atom. The Morgan fingerprint density at radius 3 is 2.54 bits per heavy atom. The molecule has 0 heterocycles. The molecule has 4 rings (SSSR count). The van der Waals surface area contributed by atoms with Crippen LogP contribution in [-0.2, 0) is 5.60 Å². The van der Waals surface area contributed by atoms with E-state index in [1.807, 2.05) is 6.07 Å². The molecule has 13 heavy (non-hydrogen) atoms. The standard InChI is InChI=1S/C12H14O/c13-12-7-5-9(6-8-12)10-3-1-2-4-11(10)12/h1-4,9,13H,5-8H2. The highest BCUT2D eigenvalue weighted by Crippen LogP contribution is 2.51. The molecule has 0 aliphatic heterocycles. The third kappa shape index (κ3) is 0.910. The Labute approximate surface area is 78.4 Å². The van der Waals surface area contributed by atoms with Gasteiger partial charge in [0.15, 0.2) is 0 Å². The van der Waals surface area contributed by atoms with Crippen molar-refractivity contribution in [1.82, 2.24) is 0 Å². The fourth-order valence-electron chi connectivity index (χ4n) is 2.95. The van der Waals surface area contributed by atoms with Crippen molar-refractivity contribution >= 4 is 0 Å². The first kappa shape index (κ1) is 7.57. The highest BCUT2D eigenvalue weighted by Gasteiger charge is 2.42. The van der Waals surface area contributed by atoms with E-state index in [0.29, 0.717) is 0 Å². The normalized spacial score (nSPS) is 35.9. The van der Waals surface area contributed by atoms with Crippen molar-refractivity contribution in [1.29, 1.82) is 0 Å². The molecule has 3 aliphatic carbocycles. The van der Waals surface area contributed by atoms with Gasteiger partial charge in [0.25, 0.3) is 0 Å². The van der Waals surface area contributed by atoms with E-state index in [-0.39, 0.29) is 0 Å². The van der Waals surface area contributed by atoms with Crippen LogP contribution in [0.25, 0.3) is 0 Å². The first-order chi connectivity index (χ1) is 6.30. The smallest absolute Gasteiger partial charge is 0.0899 e.